The van der Waals surface area contributed by atoms with Crippen LogP contribution in [0.15, 0.2) is 109 Å². The fourth-order valence-electron chi connectivity index (χ4n) is 13.3. The summed E-state index contributed by atoms with van der Waals surface area (Å²) >= 11 is 0. The van der Waals surface area contributed by atoms with Gasteiger partial charge in [-0.2, -0.15) is 0 Å². The fraction of sp³-hybridized carbons (Fsp3) is 0.789. The van der Waals surface area contributed by atoms with Gasteiger partial charge in [-0.15, -0.1) is 0 Å². The van der Waals surface area contributed by atoms with E-state index in [-0.39, 0.29) is 25.6 Å². The number of phosphoric ester groups is 1. The van der Waals surface area contributed by atoms with Crippen molar-refractivity contribution in [2.75, 3.05) is 47.5 Å². The van der Waals surface area contributed by atoms with Crippen molar-refractivity contribution in [1.82, 2.24) is 0 Å². The molecule has 1 N–H and O–H groups in total. The van der Waals surface area contributed by atoms with Gasteiger partial charge >= 0.3 is 19.8 Å². The van der Waals surface area contributed by atoms with E-state index < -0.39 is 26.5 Å². The molecule has 0 fully saturated rings. The minimum Gasteiger partial charge on any atom is -0.462 e. The topological polar surface area (TPSA) is 108 Å². The second kappa shape index (κ2) is 84.7. The van der Waals surface area contributed by atoms with E-state index in [9.17, 15) is 19.0 Å². The lowest BCUT2D eigenvalue weighted by Crippen LogP contribution is -2.37. The molecule has 0 aromatic heterocycles. The Morgan fingerprint density at radius 3 is 0.810 bits per heavy atom. The number of esters is 2. The molecule has 0 aliphatic carbocycles. The van der Waals surface area contributed by atoms with Gasteiger partial charge in [-0.25, -0.2) is 4.57 Å². The van der Waals surface area contributed by atoms with Crippen molar-refractivity contribution in [3.8, 4) is 0 Å². The predicted octanol–water partition coefficient (Wildman–Crippen LogP) is 30.7. The number of rotatable bonds is 84. The molecule has 0 aliphatic heterocycles. The quantitative estimate of drug-likeness (QED) is 0.0211. The van der Waals surface area contributed by atoms with Gasteiger partial charge in [-0.05, 0) is 83.5 Å². The Balaban J connectivity index is 3.90. The monoisotopic (exact) mass is 1490 g/mol. The van der Waals surface area contributed by atoms with Crippen LogP contribution in [0.2, 0.25) is 0 Å². The summed E-state index contributed by atoms with van der Waals surface area (Å²) in [7, 11) is 1.49. The molecule has 0 saturated heterocycles. The molecule has 0 heterocycles. The molecular formula is C95H173NO8P+. The third-order valence-corrected chi connectivity index (χ3v) is 21.1. The van der Waals surface area contributed by atoms with E-state index in [0.29, 0.717) is 23.9 Å². The standard InChI is InChI=1S/C95H172NO8P/c1-6-8-10-12-14-16-18-20-22-24-26-28-30-32-34-36-38-40-42-44-46-48-50-52-54-56-58-60-62-64-66-68-70-72-74-76-78-80-82-84-86-88-95(98)104-93(92-103-105(99,100)102-90-89-96(3,4)5)91-101-94(97)87-85-83-81-79-77-75-73-71-69-67-65-63-61-59-57-55-53-51-49-47-45-43-41-39-37-35-33-31-29-27-25-23-21-19-17-15-13-11-9-7-2/h8,10,14,16,20,22,26,28,32,34,38,40,44,46,50,52,56,58,93H,6-7,9,11-13,15,17-19,21,23-25,27,29-31,33,35-37,39,41-43,45,47-49,51,53-55,57,59-92H2,1-5H3/p+1/b10-8-,16-14-,22-20-,28-26-,34-32-,40-38-,46-44-,52-50-,58-56-. The molecular weight excluding hydrogens is 1310 g/mol. The molecule has 9 nitrogen and oxygen atoms in total. The van der Waals surface area contributed by atoms with Crippen LogP contribution in [0.1, 0.15) is 431 Å². The van der Waals surface area contributed by atoms with Crippen LogP contribution >= 0.6 is 7.82 Å². The van der Waals surface area contributed by atoms with Crippen LogP contribution in [0, 0.1) is 0 Å². The SMILES string of the molecule is CC/C=C\C/C=C\C/C=C\C/C=C\C/C=C\C/C=C\C/C=C\C/C=C\C/C=C\CCCCCCCCCCCCCCCC(=O)OC(COC(=O)CCCCCCCCCCCCCCCCCCCCCCCCCCCCCCCCCCCCCCCCCC)COP(=O)(O)OCC[N+](C)(C)C. The number of carbonyl (C=O) groups excluding carboxylic acids is 2. The minimum absolute atomic E-state index is 0.0302. The summed E-state index contributed by atoms with van der Waals surface area (Å²) in [5, 5.41) is 0. The minimum atomic E-state index is -4.40. The van der Waals surface area contributed by atoms with Gasteiger partial charge in [0.05, 0.1) is 27.7 Å². The summed E-state index contributed by atoms with van der Waals surface area (Å²) in [5.74, 6) is -0.783. The van der Waals surface area contributed by atoms with E-state index in [4.69, 9.17) is 18.5 Å². The molecule has 2 atom stereocenters. The van der Waals surface area contributed by atoms with Gasteiger partial charge in [0, 0.05) is 12.8 Å². The Kier molecular flexibility index (Phi) is 82.0. The Hall–Kier alpha value is -3.33. The highest BCUT2D eigenvalue weighted by Crippen LogP contribution is 2.43. The Labute approximate surface area is 652 Å². The molecule has 0 radical (unpaired) electrons. The lowest BCUT2D eigenvalue weighted by molar-refractivity contribution is -0.870. The largest absolute Gasteiger partial charge is 0.472 e. The van der Waals surface area contributed by atoms with Crippen molar-refractivity contribution in [2.45, 2.75) is 437 Å². The van der Waals surface area contributed by atoms with Crippen LogP contribution in [-0.2, 0) is 32.7 Å². The van der Waals surface area contributed by atoms with E-state index in [0.717, 1.165) is 96.3 Å². The molecule has 0 aromatic rings. The second-order valence-electron chi connectivity index (χ2n) is 31.6. The van der Waals surface area contributed by atoms with Gasteiger partial charge in [0.2, 0.25) is 0 Å². The Bertz CT molecular complexity index is 2150. The molecule has 0 aliphatic rings. The summed E-state index contributed by atoms with van der Waals surface area (Å²) in [5.41, 5.74) is 0. The molecule has 0 spiro atoms. The van der Waals surface area contributed by atoms with Gasteiger partial charge in [-0.3, -0.25) is 18.6 Å². The van der Waals surface area contributed by atoms with Gasteiger partial charge in [-0.1, -0.05) is 444 Å². The number of nitrogens with zero attached hydrogens (tertiary/aromatic N) is 1. The van der Waals surface area contributed by atoms with Gasteiger partial charge < -0.3 is 18.9 Å². The summed E-state index contributed by atoms with van der Waals surface area (Å²) < 4.78 is 34.9. The first-order valence-corrected chi connectivity index (χ1v) is 46.6. The number of hydrogen-bond acceptors (Lipinski definition) is 7. The number of phosphoric acid groups is 1. The highest BCUT2D eigenvalue weighted by atomic mass is 31.2. The number of unbranched alkanes of at least 4 members (excludes halogenated alkanes) is 52. The second-order valence-corrected chi connectivity index (χ2v) is 33.1. The number of likely N-dealkylation sites (N-methyl/N-ethyl adjacent to an activating group) is 1. The summed E-state index contributed by atoms with van der Waals surface area (Å²) in [6.07, 6.45) is 121. The summed E-state index contributed by atoms with van der Waals surface area (Å²) in [4.78, 5) is 36.1. The molecule has 10 heteroatoms. The molecule has 0 bridgehead atoms. The first kappa shape index (κ1) is 102. The number of quaternary nitrogens is 1. The highest BCUT2D eigenvalue weighted by Gasteiger charge is 2.27. The summed E-state index contributed by atoms with van der Waals surface area (Å²) in [6, 6.07) is 0. The van der Waals surface area contributed by atoms with Crippen molar-refractivity contribution in [1.29, 1.82) is 0 Å². The normalized spacial score (nSPS) is 13.5. The first-order chi connectivity index (χ1) is 51.5. The molecule has 0 rings (SSSR count). The lowest BCUT2D eigenvalue weighted by Gasteiger charge is -2.24. The van der Waals surface area contributed by atoms with Crippen molar-refractivity contribution in [3.63, 3.8) is 0 Å². The smallest absolute Gasteiger partial charge is 0.462 e. The van der Waals surface area contributed by atoms with Gasteiger partial charge in [0.15, 0.2) is 6.10 Å². The van der Waals surface area contributed by atoms with Crippen molar-refractivity contribution in [2.24, 2.45) is 0 Å². The van der Waals surface area contributed by atoms with E-state index in [1.165, 1.54) is 302 Å². The molecule has 0 amide bonds. The maximum Gasteiger partial charge on any atom is 0.472 e. The lowest BCUT2D eigenvalue weighted by atomic mass is 10.0. The Morgan fingerprint density at radius 1 is 0.305 bits per heavy atom. The van der Waals surface area contributed by atoms with Crippen LogP contribution in [0.5, 0.6) is 0 Å². The van der Waals surface area contributed by atoms with Crippen LogP contribution in [-0.4, -0.2) is 74.9 Å². The third-order valence-electron chi connectivity index (χ3n) is 20.1. The fourth-order valence-corrected chi connectivity index (χ4v) is 14.0. The van der Waals surface area contributed by atoms with E-state index in [1.54, 1.807) is 0 Å². The Morgan fingerprint density at radius 2 is 0.543 bits per heavy atom. The van der Waals surface area contributed by atoms with Gasteiger partial charge in [0.1, 0.15) is 19.8 Å². The molecule has 105 heavy (non-hydrogen) atoms. The average Bonchev–Trinajstić information content (AvgIpc) is 0.935. The van der Waals surface area contributed by atoms with E-state index >= 15 is 0 Å². The molecule has 2 unspecified atom stereocenters. The maximum atomic E-state index is 12.9. The van der Waals surface area contributed by atoms with Crippen molar-refractivity contribution >= 4 is 19.8 Å². The molecule has 0 aromatic carbocycles. The molecule has 610 valence electrons. The van der Waals surface area contributed by atoms with Crippen molar-refractivity contribution in [3.05, 3.63) is 109 Å². The number of carbonyl (C=O) groups is 2. The number of allylic oxidation sites excluding steroid dienone is 18. The first-order valence-electron chi connectivity index (χ1n) is 45.1. The summed E-state index contributed by atoms with van der Waals surface area (Å²) in [6.45, 7) is 4.38. The highest BCUT2D eigenvalue weighted by molar-refractivity contribution is 7.47. The van der Waals surface area contributed by atoms with Gasteiger partial charge in [0.25, 0.3) is 0 Å². The average molecular weight is 1490 g/mol. The van der Waals surface area contributed by atoms with Crippen LogP contribution in [0.25, 0.3) is 0 Å². The van der Waals surface area contributed by atoms with Crippen molar-refractivity contribution < 1.29 is 42.1 Å². The van der Waals surface area contributed by atoms with E-state index in [1.807, 2.05) is 21.1 Å². The zero-order valence-corrected chi connectivity index (χ0v) is 70.9. The third kappa shape index (κ3) is 89.5. The van der Waals surface area contributed by atoms with Crippen LogP contribution in [0.3, 0.4) is 0 Å². The predicted molar refractivity (Wildman–Crippen MR) is 459 cm³/mol. The van der Waals surface area contributed by atoms with Crippen LogP contribution in [0.4, 0.5) is 0 Å². The van der Waals surface area contributed by atoms with Crippen LogP contribution < -0.4 is 0 Å². The molecule has 0 saturated carbocycles. The zero-order valence-electron chi connectivity index (χ0n) is 70.0. The van der Waals surface area contributed by atoms with E-state index in [2.05, 4.69) is 123 Å². The zero-order chi connectivity index (χ0) is 76.1. The maximum absolute atomic E-state index is 12.9. The number of hydrogen-bond donors (Lipinski definition) is 1. The number of ether oxygens (including phenoxy) is 2.